The van der Waals surface area contributed by atoms with Crippen LogP contribution >= 0.6 is 23.2 Å². The number of aliphatic hydroxyl groups is 4. The van der Waals surface area contributed by atoms with E-state index < -0.39 is 36.8 Å². The summed E-state index contributed by atoms with van der Waals surface area (Å²) in [7, 11) is 0. The fourth-order valence-corrected chi connectivity index (χ4v) is 4.12. The second kappa shape index (κ2) is 9.38. The van der Waals surface area contributed by atoms with E-state index in [0.717, 1.165) is 18.4 Å². The van der Waals surface area contributed by atoms with E-state index in [9.17, 15) is 25.2 Å². The Balaban J connectivity index is 1.52. The minimum atomic E-state index is -1.96. The summed E-state index contributed by atoms with van der Waals surface area (Å²) in [6, 6.07) is 10.2. The van der Waals surface area contributed by atoms with Crippen molar-refractivity contribution in [2.75, 3.05) is 6.61 Å². The lowest BCUT2D eigenvalue weighted by Gasteiger charge is -2.45. The molecule has 0 radical (unpaired) electrons. The van der Waals surface area contributed by atoms with Crippen LogP contribution < -0.4 is 10.1 Å². The van der Waals surface area contributed by atoms with Crippen LogP contribution in [0.5, 0.6) is 5.75 Å². The molecule has 1 saturated heterocycles. The van der Waals surface area contributed by atoms with Gasteiger partial charge in [-0.3, -0.25) is 4.79 Å². The number of carbonyl (C=O) groups excluding carboxylic acids is 1. The van der Waals surface area contributed by atoms with E-state index >= 15 is 0 Å². The summed E-state index contributed by atoms with van der Waals surface area (Å²) in [6.45, 7) is 0.681. The van der Waals surface area contributed by atoms with Crippen LogP contribution in [-0.4, -0.2) is 69.2 Å². The van der Waals surface area contributed by atoms with Crippen molar-refractivity contribution in [1.29, 1.82) is 0 Å². The minimum Gasteiger partial charge on any atom is -0.460 e. The van der Waals surface area contributed by atoms with Gasteiger partial charge >= 0.3 is 0 Å². The zero-order chi connectivity index (χ0) is 23.9. The first-order valence-electron chi connectivity index (χ1n) is 10.5. The molecule has 0 spiro atoms. The van der Waals surface area contributed by atoms with Crippen molar-refractivity contribution >= 4 is 29.1 Å². The Kier molecular flexibility index (Phi) is 6.89. The van der Waals surface area contributed by atoms with E-state index in [2.05, 4.69) is 5.32 Å². The molecule has 1 aliphatic heterocycles. The number of hydrogen-bond acceptors (Lipinski definition) is 7. The third-order valence-electron chi connectivity index (χ3n) is 5.88. The lowest BCUT2D eigenvalue weighted by molar-refractivity contribution is -0.314. The third-order valence-corrected chi connectivity index (χ3v) is 6.49. The monoisotopic (exact) mass is 497 g/mol. The van der Waals surface area contributed by atoms with Crippen molar-refractivity contribution in [2.24, 2.45) is 0 Å². The molecule has 178 valence electrons. The number of benzene rings is 2. The zero-order valence-electron chi connectivity index (χ0n) is 17.7. The molecule has 0 unspecified atom stereocenters. The number of amides is 1. The molecule has 5 atom stereocenters. The molecular weight excluding hydrogens is 473 g/mol. The minimum absolute atomic E-state index is 0.164. The van der Waals surface area contributed by atoms with Crippen molar-refractivity contribution in [3.63, 3.8) is 0 Å². The first-order valence-corrected chi connectivity index (χ1v) is 11.3. The van der Waals surface area contributed by atoms with Gasteiger partial charge in [-0.2, -0.15) is 0 Å². The van der Waals surface area contributed by atoms with Crippen LogP contribution in [0.3, 0.4) is 0 Å². The topological polar surface area (TPSA) is 128 Å². The highest BCUT2D eigenvalue weighted by atomic mass is 35.5. The average molecular weight is 498 g/mol. The number of nitrogens with one attached hydrogen (secondary N) is 1. The second-order valence-corrected chi connectivity index (χ2v) is 9.37. The van der Waals surface area contributed by atoms with Gasteiger partial charge in [0.25, 0.3) is 5.91 Å². The molecule has 1 aliphatic carbocycles. The van der Waals surface area contributed by atoms with Crippen LogP contribution in [-0.2, 0) is 4.74 Å². The van der Waals surface area contributed by atoms with Gasteiger partial charge in [-0.25, -0.2) is 0 Å². The Morgan fingerprint density at radius 2 is 1.79 bits per heavy atom. The molecule has 2 fully saturated rings. The van der Waals surface area contributed by atoms with Crippen LogP contribution in [0, 0.1) is 0 Å². The standard InChI is InChI=1S/C23H25Cl2NO7/c1-23(31)20(29)19(28)18(10-27)33-22(23)32-17-7-3-12(9-16(17)25)11-2-6-14(15(24)8-11)21(30)26-13-4-5-13/h2-3,6-9,13,18-20,22,27-29,31H,4-5,10H2,1H3,(H,26,30)/t18-,19-,20+,22+,23-/m1/s1. The largest absolute Gasteiger partial charge is 0.460 e. The van der Waals surface area contributed by atoms with Gasteiger partial charge in [0, 0.05) is 6.04 Å². The smallest absolute Gasteiger partial charge is 0.253 e. The molecule has 2 aromatic carbocycles. The summed E-state index contributed by atoms with van der Waals surface area (Å²) < 4.78 is 11.1. The summed E-state index contributed by atoms with van der Waals surface area (Å²) in [4.78, 5) is 12.3. The third kappa shape index (κ3) is 4.97. The number of ether oxygens (including phenoxy) is 2. The zero-order valence-corrected chi connectivity index (χ0v) is 19.3. The maximum Gasteiger partial charge on any atom is 0.253 e. The number of aliphatic hydroxyl groups excluding tert-OH is 3. The molecule has 2 aliphatic rings. The predicted molar refractivity (Wildman–Crippen MR) is 121 cm³/mol. The molecule has 2 aromatic rings. The van der Waals surface area contributed by atoms with E-state index in [0.29, 0.717) is 16.1 Å². The maximum absolute atomic E-state index is 12.3. The molecule has 10 heteroatoms. The number of rotatable bonds is 6. The Bertz CT molecular complexity index is 1040. The fraction of sp³-hybridized carbons (Fsp3) is 0.435. The van der Waals surface area contributed by atoms with Crippen molar-refractivity contribution in [2.45, 2.75) is 56.0 Å². The van der Waals surface area contributed by atoms with Crippen LogP contribution in [0.1, 0.15) is 30.1 Å². The van der Waals surface area contributed by atoms with Crippen molar-refractivity contribution in [3.05, 3.63) is 52.0 Å². The molecular formula is C23H25Cl2NO7. The van der Waals surface area contributed by atoms with E-state index in [4.69, 9.17) is 32.7 Å². The van der Waals surface area contributed by atoms with Crippen LogP contribution in [0.25, 0.3) is 11.1 Å². The van der Waals surface area contributed by atoms with Gasteiger partial charge in [-0.1, -0.05) is 35.3 Å². The van der Waals surface area contributed by atoms with Gasteiger partial charge in [0.1, 0.15) is 24.1 Å². The van der Waals surface area contributed by atoms with Crippen molar-refractivity contribution < 1.29 is 34.7 Å². The summed E-state index contributed by atoms with van der Waals surface area (Å²) in [5.74, 6) is -0.0404. The Morgan fingerprint density at radius 3 is 2.36 bits per heavy atom. The Labute approximate surface area is 200 Å². The molecule has 5 N–H and O–H groups in total. The number of carbonyl (C=O) groups is 1. The van der Waals surface area contributed by atoms with E-state index in [-0.39, 0.29) is 22.7 Å². The molecule has 0 bridgehead atoms. The first kappa shape index (κ1) is 24.2. The van der Waals surface area contributed by atoms with Gasteiger partial charge in [-0.05, 0) is 55.2 Å². The van der Waals surface area contributed by atoms with Gasteiger partial charge in [-0.15, -0.1) is 0 Å². The van der Waals surface area contributed by atoms with Gasteiger partial charge in [0.05, 0.1) is 22.2 Å². The first-order chi connectivity index (χ1) is 15.6. The number of hydrogen-bond donors (Lipinski definition) is 5. The fourth-order valence-electron chi connectivity index (χ4n) is 3.62. The summed E-state index contributed by atoms with van der Waals surface area (Å²) in [5, 5.41) is 43.6. The van der Waals surface area contributed by atoms with Gasteiger partial charge < -0.3 is 35.2 Å². The molecule has 4 rings (SSSR count). The number of halogens is 2. The van der Waals surface area contributed by atoms with Gasteiger partial charge in [0.15, 0.2) is 5.60 Å². The van der Waals surface area contributed by atoms with Crippen molar-refractivity contribution in [3.8, 4) is 16.9 Å². The average Bonchev–Trinajstić information content (AvgIpc) is 3.59. The highest BCUT2D eigenvalue weighted by Gasteiger charge is 2.53. The van der Waals surface area contributed by atoms with E-state index in [1.807, 2.05) is 0 Å². The molecule has 8 nitrogen and oxygen atoms in total. The van der Waals surface area contributed by atoms with Crippen molar-refractivity contribution in [1.82, 2.24) is 5.32 Å². The van der Waals surface area contributed by atoms with Crippen LogP contribution in [0.2, 0.25) is 10.0 Å². The Morgan fingerprint density at radius 1 is 1.15 bits per heavy atom. The van der Waals surface area contributed by atoms with Crippen LogP contribution in [0.4, 0.5) is 0 Å². The summed E-state index contributed by atoms with van der Waals surface area (Å²) >= 11 is 12.7. The van der Waals surface area contributed by atoms with Gasteiger partial charge in [0.2, 0.25) is 6.29 Å². The quantitative estimate of drug-likeness (QED) is 0.413. The SMILES string of the molecule is C[C@]1(O)[C@@H](Oc2ccc(-c3ccc(C(=O)NC4CC4)c(Cl)c3)cc2Cl)O[C@H](CO)[C@@H](O)[C@@H]1O. The molecule has 33 heavy (non-hydrogen) atoms. The lowest BCUT2D eigenvalue weighted by atomic mass is 9.88. The lowest BCUT2D eigenvalue weighted by Crippen LogP contribution is -2.66. The highest BCUT2D eigenvalue weighted by Crippen LogP contribution is 2.36. The second-order valence-electron chi connectivity index (χ2n) is 8.56. The maximum atomic E-state index is 12.3. The predicted octanol–water partition coefficient (Wildman–Crippen LogP) is 2.12. The Hall–Kier alpha value is -1.91. The van der Waals surface area contributed by atoms with Crippen LogP contribution in [0.15, 0.2) is 36.4 Å². The highest BCUT2D eigenvalue weighted by molar-refractivity contribution is 6.34. The van der Waals surface area contributed by atoms with E-state index in [1.54, 1.807) is 36.4 Å². The van der Waals surface area contributed by atoms with E-state index in [1.165, 1.54) is 6.92 Å². The molecule has 1 heterocycles. The molecule has 0 aromatic heterocycles. The molecule has 1 amide bonds. The molecule has 1 saturated carbocycles. The summed E-state index contributed by atoms with van der Waals surface area (Å²) in [6.07, 6.45) is -3.66. The normalized spacial score (nSPS) is 29.5. The summed E-state index contributed by atoms with van der Waals surface area (Å²) in [5.41, 5.74) is -0.119.